The number of amides is 2. The maximum absolute atomic E-state index is 13.1. The van der Waals surface area contributed by atoms with Gasteiger partial charge >= 0.3 is 6.09 Å². The number of unbranched alkanes of at least 4 members (excludes halogenated alkanes) is 1. The monoisotopic (exact) mass is 565 g/mol. The Morgan fingerprint density at radius 2 is 1.68 bits per heavy atom. The number of anilines is 1. The summed E-state index contributed by atoms with van der Waals surface area (Å²) in [6, 6.07) is 20.3. The Kier molecular flexibility index (Phi) is 10.8. The normalized spacial score (nSPS) is 11.8. The molecule has 0 spiro atoms. The van der Waals surface area contributed by atoms with Gasteiger partial charge in [-0.25, -0.2) is 13.2 Å². The van der Waals surface area contributed by atoms with Crippen molar-refractivity contribution >= 4 is 33.4 Å². The Morgan fingerprint density at radius 3 is 2.35 bits per heavy atom. The number of hydrogen-bond donors (Lipinski definition) is 3. The van der Waals surface area contributed by atoms with Crippen molar-refractivity contribution in [3.63, 3.8) is 0 Å². The van der Waals surface area contributed by atoms with Gasteiger partial charge in [0, 0.05) is 23.1 Å². The van der Waals surface area contributed by atoms with Crippen LogP contribution in [0.2, 0.25) is 0 Å². The smallest absolute Gasteiger partial charge is 0.412 e. The number of alkyl carbamates (subject to hydrolysis) is 1. The van der Waals surface area contributed by atoms with Gasteiger partial charge in [-0.05, 0) is 48.7 Å². The van der Waals surface area contributed by atoms with E-state index in [9.17, 15) is 18.0 Å². The van der Waals surface area contributed by atoms with Crippen molar-refractivity contribution in [3.8, 4) is 16.9 Å². The van der Waals surface area contributed by atoms with Gasteiger partial charge in [-0.15, -0.1) is 0 Å². The number of rotatable bonds is 12. The molecule has 1 unspecified atom stereocenters. The third-order valence-electron chi connectivity index (χ3n) is 5.95. The summed E-state index contributed by atoms with van der Waals surface area (Å²) in [7, 11) is -3.40. The standard InChI is InChI=1S/C30H35N3O6S/c1-4-6-19-38-30(35)33-28(31)22-11-9-12-24(20-22)39-26(10-5-2)29(34)32-23-17-15-21(16-18-23)25-13-7-8-14-27(25)40(3,36)37/h7-9,11-18,20,26H,4-6,10,19H2,1-3H3,(H,32,34)(H2,31,33,35). The summed E-state index contributed by atoms with van der Waals surface area (Å²) in [6.45, 7) is 4.21. The summed E-state index contributed by atoms with van der Waals surface area (Å²) < 4.78 is 35.4. The molecule has 1 atom stereocenters. The number of sulfone groups is 1. The Labute approximate surface area is 235 Å². The molecule has 3 aromatic carbocycles. The maximum atomic E-state index is 13.1. The van der Waals surface area contributed by atoms with Gasteiger partial charge in [0.1, 0.15) is 11.6 Å². The van der Waals surface area contributed by atoms with Crippen molar-refractivity contribution in [1.29, 1.82) is 5.41 Å². The molecule has 0 fully saturated rings. The quantitative estimate of drug-likeness (QED) is 0.144. The van der Waals surface area contributed by atoms with Crippen molar-refractivity contribution in [2.24, 2.45) is 0 Å². The Bertz CT molecular complexity index is 1440. The minimum absolute atomic E-state index is 0.138. The third-order valence-corrected chi connectivity index (χ3v) is 7.11. The SMILES string of the molecule is CCCCOC(=O)NC(=N)c1cccc(OC(CCC)C(=O)Nc2ccc(-c3ccccc3S(C)(=O)=O)cc2)c1. The Morgan fingerprint density at radius 1 is 0.950 bits per heavy atom. The van der Waals surface area contributed by atoms with E-state index in [0.29, 0.717) is 41.0 Å². The fourth-order valence-electron chi connectivity index (χ4n) is 3.90. The summed E-state index contributed by atoms with van der Waals surface area (Å²) in [5.41, 5.74) is 2.24. The minimum atomic E-state index is -3.40. The van der Waals surface area contributed by atoms with E-state index in [4.69, 9.17) is 14.9 Å². The molecule has 10 heteroatoms. The van der Waals surface area contributed by atoms with Crippen LogP contribution in [0.4, 0.5) is 10.5 Å². The van der Waals surface area contributed by atoms with Gasteiger partial charge in [-0.3, -0.25) is 15.5 Å². The van der Waals surface area contributed by atoms with Crippen molar-refractivity contribution in [2.75, 3.05) is 18.2 Å². The highest BCUT2D eigenvalue weighted by Gasteiger charge is 2.21. The van der Waals surface area contributed by atoms with Crippen LogP contribution >= 0.6 is 0 Å². The van der Waals surface area contributed by atoms with Crippen LogP contribution in [0.15, 0.2) is 77.7 Å². The summed E-state index contributed by atoms with van der Waals surface area (Å²) in [5, 5.41) is 13.4. The molecule has 0 bridgehead atoms. The van der Waals surface area contributed by atoms with Crippen LogP contribution in [-0.4, -0.2) is 45.2 Å². The van der Waals surface area contributed by atoms with Crippen molar-refractivity contribution in [2.45, 2.75) is 50.5 Å². The first-order valence-electron chi connectivity index (χ1n) is 13.1. The van der Waals surface area contributed by atoms with Crippen molar-refractivity contribution in [3.05, 3.63) is 78.4 Å². The van der Waals surface area contributed by atoms with Gasteiger partial charge in [0.2, 0.25) is 0 Å². The van der Waals surface area contributed by atoms with E-state index in [1.807, 2.05) is 13.8 Å². The summed E-state index contributed by atoms with van der Waals surface area (Å²) in [6.07, 6.45) is 2.46. The molecular weight excluding hydrogens is 530 g/mol. The Balaban J connectivity index is 1.68. The van der Waals surface area contributed by atoms with Crippen LogP contribution in [0, 0.1) is 5.41 Å². The molecule has 0 aliphatic rings. The highest BCUT2D eigenvalue weighted by Crippen LogP contribution is 2.28. The number of ether oxygens (including phenoxy) is 2. The average molecular weight is 566 g/mol. The van der Waals surface area contributed by atoms with Crippen LogP contribution in [-0.2, 0) is 19.4 Å². The van der Waals surface area contributed by atoms with Gasteiger partial charge in [0.25, 0.3) is 5.91 Å². The van der Waals surface area contributed by atoms with Crippen LogP contribution in [0.1, 0.15) is 45.1 Å². The lowest BCUT2D eigenvalue weighted by Crippen LogP contribution is -2.33. The van der Waals surface area contributed by atoms with E-state index < -0.39 is 22.0 Å². The molecule has 40 heavy (non-hydrogen) atoms. The highest BCUT2D eigenvalue weighted by atomic mass is 32.2. The van der Waals surface area contributed by atoms with Crippen LogP contribution in [0.3, 0.4) is 0 Å². The fourth-order valence-corrected chi connectivity index (χ4v) is 4.81. The van der Waals surface area contributed by atoms with E-state index in [2.05, 4.69) is 10.6 Å². The van der Waals surface area contributed by atoms with Crippen molar-refractivity contribution < 1.29 is 27.5 Å². The largest absolute Gasteiger partial charge is 0.481 e. The lowest BCUT2D eigenvalue weighted by atomic mass is 10.1. The van der Waals surface area contributed by atoms with Gasteiger partial charge in [-0.1, -0.05) is 69.2 Å². The summed E-state index contributed by atoms with van der Waals surface area (Å²) in [5.74, 6) is -0.102. The summed E-state index contributed by atoms with van der Waals surface area (Å²) in [4.78, 5) is 25.2. The molecule has 0 radical (unpaired) electrons. The highest BCUT2D eigenvalue weighted by molar-refractivity contribution is 7.90. The van der Waals surface area contributed by atoms with Crippen LogP contribution in [0.25, 0.3) is 11.1 Å². The van der Waals surface area contributed by atoms with E-state index in [1.54, 1.807) is 72.8 Å². The number of carbonyl (C=O) groups is 2. The number of benzene rings is 3. The molecule has 212 valence electrons. The molecule has 3 N–H and O–H groups in total. The summed E-state index contributed by atoms with van der Waals surface area (Å²) >= 11 is 0. The first kappa shape index (κ1) is 30.4. The van der Waals surface area contributed by atoms with Crippen LogP contribution < -0.4 is 15.4 Å². The van der Waals surface area contributed by atoms with Gasteiger partial charge in [0.05, 0.1) is 11.5 Å². The molecule has 3 aromatic rings. The minimum Gasteiger partial charge on any atom is -0.481 e. The molecule has 9 nitrogen and oxygen atoms in total. The average Bonchev–Trinajstić information content (AvgIpc) is 2.93. The van der Waals surface area contributed by atoms with E-state index in [-0.39, 0.29) is 23.2 Å². The number of carbonyl (C=O) groups excluding carboxylic acids is 2. The molecule has 0 aromatic heterocycles. The molecule has 0 aliphatic heterocycles. The molecular formula is C30H35N3O6S. The topological polar surface area (TPSA) is 135 Å². The first-order chi connectivity index (χ1) is 19.1. The zero-order valence-electron chi connectivity index (χ0n) is 22.9. The van der Waals surface area contributed by atoms with Crippen molar-refractivity contribution in [1.82, 2.24) is 5.32 Å². The second-order valence-corrected chi connectivity index (χ2v) is 11.2. The lowest BCUT2D eigenvalue weighted by Gasteiger charge is -2.19. The van der Waals surface area contributed by atoms with Crippen LogP contribution in [0.5, 0.6) is 5.75 Å². The third kappa shape index (κ3) is 8.67. The molecule has 0 saturated carbocycles. The predicted molar refractivity (Wildman–Crippen MR) is 156 cm³/mol. The number of hydrogen-bond acceptors (Lipinski definition) is 7. The van der Waals surface area contributed by atoms with Gasteiger partial charge in [-0.2, -0.15) is 0 Å². The lowest BCUT2D eigenvalue weighted by molar-refractivity contribution is -0.123. The molecule has 2 amide bonds. The van der Waals surface area contributed by atoms with Gasteiger partial charge < -0.3 is 14.8 Å². The molecule has 0 aliphatic carbocycles. The second kappa shape index (κ2) is 14.3. The first-order valence-corrected chi connectivity index (χ1v) is 15.0. The molecule has 0 saturated heterocycles. The van der Waals surface area contributed by atoms with E-state index in [0.717, 1.165) is 12.8 Å². The molecule has 3 rings (SSSR count). The molecule has 0 heterocycles. The zero-order valence-corrected chi connectivity index (χ0v) is 23.7. The van der Waals surface area contributed by atoms with E-state index in [1.165, 1.54) is 6.26 Å². The Hall–Kier alpha value is -4.18. The zero-order chi connectivity index (χ0) is 29.1. The number of nitrogens with one attached hydrogen (secondary N) is 3. The van der Waals surface area contributed by atoms with Gasteiger partial charge in [0.15, 0.2) is 15.9 Å². The second-order valence-electron chi connectivity index (χ2n) is 9.25. The van der Waals surface area contributed by atoms with E-state index >= 15 is 0 Å². The number of amidine groups is 1. The predicted octanol–water partition coefficient (Wildman–Crippen LogP) is 5.79. The maximum Gasteiger partial charge on any atom is 0.412 e. The fraction of sp³-hybridized carbons (Fsp3) is 0.300.